The molecule has 1 aromatic rings. The van der Waals surface area contributed by atoms with Crippen LogP contribution in [0.3, 0.4) is 0 Å². The Hall–Kier alpha value is -1.22. The maximum atomic E-state index is 11.4. The minimum Gasteiger partial charge on any atom is -0.399 e. The fourth-order valence-corrected chi connectivity index (χ4v) is 0.975. The predicted molar refractivity (Wildman–Crippen MR) is 60.7 cm³/mol. The van der Waals surface area contributed by atoms with Crippen LogP contribution in [0.5, 0.6) is 0 Å². The standard InChI is InChI=1S/C10H14N2O.ClH/c1-2-7-12-10(13)8-3-5-9(11)6-4-8;/h3-6H,2,7,11H2,1H3,(H,12,13);1H. The van der Waals surface area contributed by atoms with E-state index in [4.69, 9.17) is 5.73 Å². The van der Waals surface area contributed by atoms with Gasteiger partial charge in [-0.15, -0.1) is 12.4 Å². The molecule has 0 saturated carbocycles. The molecule has 1 aromatic carbocycles. The van der Waals surface area contributed by atoms with E-state index in [0.717, 1.165) is 6.42 Å². The number of carbonyl (C=O) groups excluding carboxylic acids is 1. The lowest BCUT2D eigenvalue weighted by Gasteiger charge is -2.02. The SMILES string of the molecule is CCCNC(=O)c1ccc(N)cc1.Cl. The Kier molecular flexibility index (Phi) is 5.72. The fourth-order valence-electron chi connectivity index (χ4n) is 0.975. The van der Waals surface area contributed by atoms with Crippen molar-refractivity contribution >= 4 is 24.0 Å². The molecule has 1 rings (SSSR count). The predicted octanol–water partition coefficient (Wildman–Crippen LogP) is 1.83. The fraction of sp³-hybridized carbons (Fsp3) is 0.300. The van der Waals surface area contributed by atoms with E-state index in [9.17, 15) is 4.79 Å². The third-order valence-corrected chi connectivity index (χ3v) is 1.71. The van der Waals surface area contributed by atoms with Gasteiger partial charge in [0.25, 0.3) is 5.91 Å². The molecule has 0 spiro atoms. The normalized spacial score (nSPS) is 8.93. The summed E-state index contributed by atoms with van der Waals surface area (Å²) in [7, 11) is 0. The van der Waals surface area contributed by atoms with Gasteiger partial charge in [-0.3, -0.25) is 4.79 Å². The Labute approximate surface area is 90.1 Å². The summed E-state index contributed by atoms with van der Waals surface area (Å²) in [5.41, 5.74) is 6.82. The Bertz CT molecular complexity index is 285. The Morgan fingerprint density at radius 2 is 1.93 bits per heavy atom. The number of carbonyl (C=O) groups is 1. The van der Waals surface area contributed by atoms with Crippen LogP contribution in [0, 0.1) is 0 Å². The highest BCUT2D eigenvalue weighted by molar-refractivity contribution is 5.94. The molecule has 0 fully saturated rings. The van der Waals surface area contributed by atoms with E-state index < -0.39 is 0 Å². The zero-order chi connectivity index (χ0) is 9.68. The van der Waals surface area contributed by atoms with Gasteiger partial charge >= 0.3 is 0 Å². The van der Waals surface area contributed by atoms with Crippen molar-refractivity contribution in [2.75, 3.05) is 12.3 Å². The van der Waals surface area contributed by atoms with Gasteiger partial charge in [-0.2, -0.15) is 0 Å². The average Bonchev–Trinajstić information content (AvgIpc) is 2.15. The minimum absolute atomic E-state index is 0. The highest BCUT2D eigenvalue weighted by Crippen LogP contribution is 2.04. The van der Waals surface area contributed by atoms with Crippen molar-refractivity contribution in [3.63, 3.8) is 0 Å². The number of nitrogens with two attached hydrogens (primary N) is 1. The van der Waals surface area contributed by atoms with E-state index in [1.54, 1.807) is 24.3 Å². The molecule has 78 valence electrons. The van der Waals surface area contributed by atoms with Gasteiger partial charge in [0.15, 0.2) is 0 Å². The summed E-state index contributed by atoms with van der Waals surface area (Å²) in [6, 6.07) is 6.89. The molecular formula is C10H15ClN2O. The maximum Gasteiger partial charge on any atom is 0.251 e. The van der Waals surface area contributed by atoms with Crippen molar-refractivity contribution in [1.29, 1.82) is 0 Å². The first-order valence-electron chi connectivity index (χ1n) is 4.37. The van der Waals surface area contributed by atoms with Gasteiger partial charge in [0.1, 0.15) is 0 Å². The third-order valence-electron chi connectivity index (χ3n) is 1.71. The summed E-state index contributed by atoms with van der Waals surface area (Å²) in [4.78, 5) is 11.4. The summed E-state index contributed by atoms with van der Waals surface area (Å²) < 4.78 is 0. The van der Waals surface area contributed by atoms with Crippen LogP contribution in [-0.2, 0) is 0 Å². The molecule has 0 aliphatic carbocycles. The van der Waals surface area contributed by atoms with Crippen molar-refractivity contribution < 1.29 is 4.79 Å². The monoisotopic (exact) mass is 214 g/mol. The van der Waals surface area contributed by atoms with Crippen LogP contribution < -0.4 is 11.1 Å². The number of amides is 1. The molecule has 0 atom stereocenters. The van der Waals surface area contributed by atoms with Gasteiger partial charge in [0, 0.05) is 17.8 Å². The molecule has 3 N–H and O–H groups in total. The molecule has 4 heteroatoms. The van der Waals surface area contributed by atoms with E-state index >= 15 is 0 Å². The van der Waals surface area contributed by atoms with Gasteiger partial charge in [-0.05, 0) is 30.7 Å². The van der Waals surface area contributed by atoms with Gasteiger partial charge < -0.3 is 11.1 Å². The molecule has 0 bridgehead atoms. The van der Waals surface area contributed by atoms with Crippen molar-refractivity contribution in [3.05, 3.63) is 29.8 Å². The lowest BCUT2D eigenvalue weighted by atomic mass is 10.2. The third kappa shape index (κ3) is 3.66. The Morgan fingerprint density at radius 3 is 2.43 bits per heavy atom. The first kappa shape index (κ1) is 12.8. The van der Waals surface area contributed by atoms with Crippen LogP contribution in [0.2, 0.25) is 0 Å². The van der Waals surface area contributed by atoms with Gasteiger partial charge in [0.2, 0.25) is 0 Å². The largest absolute Gasteiger partial charge is 0.399 e. The summed E-state index contributed by atoms with van der Waals surface area (Å²) in [6.45, 7) is 2.73. The van der Waals surface area contributed by atoms with E-state index in [-0.39, 0.29) is 18.3 Å². The van der Waals surface area contributed by atoms with Crippen LogP contribution in [0.1, 0.15) is 23.7 Å². The second kappa shape index (κ2) is 6.27. The topological polar surface area (TPSA) is 55.1 Å². The number of hydrogen-bond donors (Lipinski definition) is 2. The van der Waals surface area contributed by atoms with Gasteiger partial charge in [-0.25, -0.2) is 0 Å². The van der Waals surface area contributed by atoms with Crippen LogP contribution >= 0.6 is 12.4 Å². The number of hydrogen-bond acceptors (Lipinski definition) is 2. The molecule has 0 heterocycles. The molecule has 3 nitrogen and oxygen atoms in total. The van der Waals surface area contributed by atoms with Crippen molar-refractivity contribution in [2.45, 2.75) is 13.3 Å². The van der Waals surface area contributed by atoms with Crippen molar-refractivity contribution in [3.8, 4) is 0 Å². The smallest absolute Gasteiger partial charge is 0.251 e. The van der Waals surface area contributed by atoms with Crippen molar-refractivity contribution in [1.82, 2.24) is 5.32 Å². The summed E-state index contributed by atoms with van der Waals surface area (Å²) >= 11 is 0. The molecular weight excluding hydrogens is 200 g/mol. The number of anilines is 1. The van der Waals surface area contributed by atoms with Gasteiger partial charge in [-0.1, -0.05) is 6.92 Å². The first-order chi connectivity index (χ1) is 6.24. The average molecular weight is 215 g/mol. The second-order valence-electron chi connectivity index (χ2n) is 2.88. The summed E-state index contributed by atoms with van der Waals surface area (Å²) in [6.07, 6.45) is 0.945. The first-order valence-corrected chi connectivity index (χ1v) is 4.37. The Morgan fingerprint density at radius 1 is 1.36 bits per heavy atom. The molecule has 1 amide bonds. The van der Waals surface area contributed by atoms with Crippen LogP contribution in [0.25, 0.3) is 0 Å². The summed E-state index contributed by atoms with van der Waals surface area (Å²) in [5, 5.41) is 2.79. The lowest BCUT2D eigenvalue weighted by molar-refractivity contribution is 0.0953. The number of rotatable bonds is 3. The highest BCUT2D eigenvalue weighted by atomic mass is 35.5. The molecule has 0 aliphatic heterocycles. The number of benzene rings is 1. The van der Waals surface area contributed by atoms with E-state index in [2.05, 4.69) is 5.32 Å². The quantitative estimate of drug-likeness (QED) is 0.755. The van der Waals surface area contributed by atoms with Crippen LogP contribution in [0.15, 0.2) is 24.3 Å². The Balaban J connectivity index is 0.00000169. The van der Waals surface area contributed by atoms with Crippen LogP contribution in [-0.4, -0.2) is 12.5 Å². The van der Waals surface area contributed by atoms with Crippen LogP contribution in [0.4, 0.5) is 5.69 Å². The number of halogens is 1. The molecule has 0 radical (unpaired) electrons. The van der Waals surface area contributed by atoms with E-state index in [0.29, 0.717) is 17.8 Å². The summed E-state index contributed by atoms with van der Waals surface area (Å²) in [5.74, 6) is -0.0400. The highest BCUT2D eigenvalue weighted by Gasteiger charge is 2.02. The second-order valence-corrected chi connectivity index (χ2v) is 2.88. The zero-order valence-electron chi connectivity index (χ0n) is 8.12. The molecule has 0 saturated heterocycles. The minimum atomic E-state index is -0.0400. The number of nitrogen functional groups attached to an aromatic ring is 1. The zero-order valence-corrected chi connectivity index (χ0v) is 8.93. The van der Waals surface area contributed by atoms with E-state index in [1.165, 1.54) is 0 Å². The molecule has 0 unspecified atom stereocenters. The lowest BCUT2D eigenvalue weighted by Crippen LogP contribution is -2.23. The molecule has 14 heavy (non-hydrogen) atoms. The molecule has 0 aliphatic rings. The molecule has 0 aromatic heterocycles. The van der Waals surface area contributed by atoms with Gasteiger partial charge in [0.05, 0.1) is 0 Å². The van der Waals surface area contributed by atoms with Crippen molar-refractivity contribution in [2.24, 2.45) is 0 Å². The van der Waals surface area contributed by atoms with E-state index in [1.807, 2.05) is 6.92 Å². The number of nitrogens with one attached hydrogen (secondary N) is 1. The maximum absolute atomic E-state index is 11.4.